The number of pyridine rings is 1. The minimum absolute atomic E-state index is 0.313. The smallest absolute Gasteiger partial charge is 0.339 e. The maximum Gasteiger partial charge on any atom is 0.339 e. The quantitative estimate of drug-likeness (QED) is 0.884. The second kappa shape index (κ2) is 5.08. The molecule has 20 heavy (non-hydrogen) atoms. The van der Waals surface area contributed by atoms with Gasteiger partial charge in [0.2, 0.25) is 0 Å². The number of aromatic nitrogens is 1. The van der Waals surface area contributed by atoms with Gasteiger partial charge in [0.15, 0.2) is 0 Å². The molecule has 0 unspecified atom stereocenters. The molecule has 1 aromatic heterocycles. The lowest BCUT2D eigenvalue weighted by Crippen LogP contribution is -2.34. The summed E-state index contributed by atoms with van der Waals surface area (Å²) in [7, 11) is 0. The standard InChI is InChI=1S/C16H22N2O2/c1-16(7-4-8-16)10-17-14-12(15(19)20)9-11-5-2-3-6-13(11)18-14/h9H,2-8,10H2,1H3,(H,17,18)(H,19,20). The van der Waals surface area contributed by atoms with Crippen LogP contribution < -0.4 is 5.32 Å². The fourth-order valence-electron chi connectivity index (χ4n) is 3.19. The van der Waals surface area contributed by atoms with Crippen LogP contribution in [-0.2, 0) is 12.8 Å². The second-order valence-electron chi connectivity index (χ2n) is 6.52. The van der Waals surface area contributed by atoms with E-state index in [0.29, 0.717) is 16.8 Å². The molecule has 108 valence electrons. The summed E-state index contributed by atoms with van der Waals surface area (Å²) in [6, 6.07) is 1.83. The molecule has 0 radical (unpaired) electrons. The van der Waals surface area contributed by atoms with E-state index in [2.05, 4.69) is 17.2 Å². The van der Waals surface area contributed by atoms with E-state index in [9.17, 15) is 9.90 Å². The molecular weight excluding hydrogens is 252 g/mol. The van der Waals surface area contributed by atoms with Crippen molar-refractivity contribution in [2.24, 2.45) is 5.41 Å². The third-order valence-corrected chi connectivity index (χ3v) is 4.77. The number of fused-ring (bicyclic) bond motifs is 1. The van der Waals surface area contributed by atoms with E-state index >= 15 is 0 Å². The van der Waals surface area contributed by atoms with E-state index in [0.717, 1.165) is 43.5 Å². The molecule has 2 aliphatic rings. The first-order valence-electron chi connectivity index (χ1n) is 7.57. The summed E-state index contributed by atoms with van der Waals surface area (Å²) in [6.07, 6.45) is 7.94. The van der Waals surface area contributed by atoms with Gasteiger partial charge in [-0.1, -0.05) is 13.3 Å². The molecule has 4 heteroatoms. The van der Waals surface area contributed by atoms with Crippen LogP contribution in [0, 0.1) is 5.41 Å². The van der Waals surface area contributed by atoms with Gasteiger partial charge in [0.25, 0.3) is 0 Å². The number of carbonyl (C=O) groups is 1. The van der Waals surface area contributed by atoms with Crippen molar-refractivity contribution in [3.05, 3.63) is 22.9 Å². The van der Waals surface area contributed by atoms with Gasteiger partial charge in [-0.05, 0) is 55.6 Å². The van der Waals surface area contributed by atoms with Crippen LogP contribution in [0.15, 0.2) is 6.07 Å². The predicted molar refractivity (Wildman–Crippen MR) is 78.3 cm³/mol. The number of hydrogen-bond donors (Lipinski definition) is 2. The first kappa shape index (κ1) is 13.4. The van der Waals surface area contributed by atoms with Gasteiger partial charge in [0, 0.05) is 12.2 Å². The first-order valence-corrected chi connectivity index (χ1v) is 7.57. The van der Waals surface area contributed by atoms with E-state index in [1.54, 1.807) is 0 Å². The van der Waals surface area contributed by atoms with Crippen LogP contribution >= 0.6 is 0 Å². The van der Waals surface area contributed by atoms with Crippen molar-refractivity contribution in [2.75, 3.05) is 11.9 Å². The summed E-state index contributed by atoms with van der Waals surface area (Å²) in [5.74, 6) is -0.321. The third-order valence-electron chi connectivity index (χ3n) is 4.77. The number of aryl methyl sites for hydroxylation is 2. The lowest BCUT2D eigenvalue weighted by atomic mass is 9.70. The highest BCUT2D eigenvalue weighted by Gasteiger charge is 2.32. The van der Waals surface area contributed by atoms with E-state index in [1.165, 1.54) is 19.3 Å². The Morgan fingerprint density at radius 1 is 1.35 bits per heavy atom. The molecule has 0 saturated heterocycles. The average molecular weight is 274 g/mol. The number of hydrogen-bond acceptors (Lipinski definition) is 3. The number of nitrogens with one attached hydrogen (secondary N) is 1. The first-order chi connectivity index (χ1) is 9.57. The van der Waals surface area contributed by atoms with Crippen LogP contribution in [0.5, 0.6) is 0 Å². The minimum Gasteiger partial charge on any atom is -0.478 e. The number of aromatic carboxylic acids is 1. The van der Waals surface area contributed by atoms with Crippen LogP contribution in [0.4, 0.5) is 5.82 Å². The van der Waals surface area contributed by atoms with E-state index in [1.807, 2.05) is 6.07 Å². The van der Waals surface area contributed by atoms with Crippen molar-refractivity contribution >= 4 is 11.8 Å². The SMILES string of the molecule is CC1(CNc2nc3c(cc2C(=O)O)CCCC3)CCC1. The van der Waals surface area contributed by atoms with Crippen LogP contribution in [-0.4, -0.2) is 22.6 Å². The van der Waals surface area contributed by atoms with Crippen LogP contribution in [0.25, 0.3) is 0 Å². The van der Waals surface area contributed by atoms with E-state index in [-0.39, 0.29) is 0 Å². The van der Waals surface area contributed by atoms with Gasteiger partial charge in [-0.3, -0.25) is 0 Å². The van der Waals surface area contributed by atoms with E-state index in [4.69, 9.17) is 0 Å². The number of rotatable bonds is 4. The molecule has 0 atom stereocenters. The number of carboxylic acids is 1. The third kappa shape index (κ3) is 2.51. The van der Waals surface area contributed by atoms with E-state index < -0.39 is 5.97 Å². The van der Waals surface area contributed by atoms with Gasteiger partial charge >= 0.3 is 5.97 Å². The average Bonchev–Trinajstić information content (AvgIpc) is 2.42. The minimum atomic E-state index is -0.882. The Morgan fingerprint density at radius 2 is 2.10 bits per heavy atom. The van der Waals surface area contributed by atoms with Gasteiger partial charge < -0.3 is 10.4 Å². The maximum absolute atomic E-state index is 11.4. The monoisotopic (exact) mass is 274 g/mol. The number of nitrogens with zero attached hydrogens (tertiary/aromatic N) is 1. The second-order valence-corrected chi connectivity index (χ2v) is 6.52. The highest BCUT2D eigenvalue weighted by Crippen LogP contribution is 2.40. The molecule has 2 aliphatic carbocycles. The zero-order chi connectivity index (χ0) is 14.2. The number of carboxylic acid groups (broad SMARTS) is 1. The fraction of sp³-hybridized carbons (Fsp3) is 0.625. The van der Waals surface area contributed by atoms with Crippen molar-refractivity contribution in [3.8, 4) is 0 Å². The van der Waals surface area contributed by atoms with Crippen LogP contribution in [0.3, 0.4) is 0 Å². The van der Waals surface area contributed by atoms with Crippen molar-refractivity contribution in [1.29, 1.82) is 0 Å². The molecule has 0 bridgehead atoms. The molecule has 0 aliphatic heterocycles. The maximum atomic E-state index is 11.4. The van der Waals surface area contributed by atoms with Gasteiger partial charge in [0.05, 0.1) is 0 Å². The number of anilines is 1. The van der Waals surface area contributed by atoms with Crippen molar-refractivity contribution in [2.45, 2.75) is 51.9 Å². The van der Waals surface area contributed by atoms with Crippen molar-refractivity contribution in [1.82, 2.24) is 4.98 Å². The molecule has 1 aromatic rings. The molecular formula is C16H22N2O2. The summed E-state index contributed by atoms with van der Waals surface area (Å²) >= 11 is 0. The zero-order valence-electron chi connectivity index (χ0n) is 12.0. The van der Waals surface area contributed by atoms with Gasteiger partial charge in [0.1, 0.15) is 11.4 Å². The summed E-state index contributed by atoms with van der Waals surface area (Å²) in [5, 5.41) is 12.7. The van der Waals surface area contributed by atoms with Crippen molar-refractivity contribution in [3.63, 3.8) is 0 Å². The highest BCUT2D eigenvalue weighted by molar-refractivity contribution is 5.93. The van der Waals surface area contributed by atoms with Gasteiger partial charge in [-0.2, -0.15) is 0 Å². The summed E-state index contributed by atoms with van der Waals surface area (Å²) in [4.78, 5) is 16.0. The van der Waals surface area contributed by atoms with Crippen LogP contribution in [0.2, 0.25) is 0 Å². The molecule has 2 N–H and O–H groups in total. The molecule has 1 heterocycles. The largest absolute Gasteiger partial charge is 0.478 e. The molecule has 0 spiro atoms. The highest BCUT2D eigenvalue weighted by atomic mass is 16.4. The zero-order valence-corrected chi connectivity index (χ0v) is 12.0. The summed E-state index contributed by atoms with van der Waals surface area (Å²) in [6.45, 7) is 3.07. The topological polar surface area (TPSA) is 62.2 Å². The Hall–Kier alpha value is -1.58. The Bertz CT molecular complexity index is 536. The van der Waals surface area contributed by atoms with Crippen molar-refractivity contribution < 1.29 is 9.90 Å². The molecule has 1 saturated carbocycles. The van der Waals surface area contributed by atoms with Gasteiger partial charge in [-0.25, -0.2) is 9.78 Å². The van der Waals surface area contributed by atoms with Gasteiger partial charge in [-0.15, -0.1) is 0 Å². The Morgan fingerprint density at radius 3 is 2.75 bits per heavy atom. The Balaban J connectivity index is 1.85. The summed E-state index contributed by atoms with van der Waals surface area (Å²) < 4.78 is 0. The molecule has 1 fully saturated rings. The summed E-state index contributed by atoms with van der Waals surface area (Å²) in [5.41, 5.74) is 2.85. The Labute approximate surface area is 119 Å². The van der Waals surface area contributed by atoms with Crippen LogP contribution in [0.1, 0.15) is 60.6 Å². The molecule has 0 aromatic carbocycles. The fourth-order valence-corrected chi connectivity index (χ4v) is 3.19. The lowest BCUT2D eigenvalue weighted by molar-refractivity contribution is 0.0697. The Kier molecular flexibility index (Phi) is 3.40. The lowest BCUT2D eigenvalue weighted by Gasteiger charge is -2.38. The normalized spacial score (nSPS) is 19.9. The predicted octanol–water partition coefficient (Wildman–Crippen LogP) is 3.26. The molecule has 3 rings (SSSR count). The molecule has 4 nitrogen and oxygen atoms in total. The molecule has 0 amide bonds.